The van der Waals surface area contributed by atoms with E-state index in [1.165, 1.54) is 11.8 Å². The number of carboxylic acid groups (broad SMARTS) is 1. The molecule has 4 rings (SSSR count). The molecule has 1 aliphatic heterocycles. The summed E-state index contributed by atoms with van der Waals surface area (Å²) in [6.45, 7) is 0.453. The van der Waals surface area contributed by atoms with Crippen LogP contribution < -0.4 is 0 Å². The third kappa shape index (κ3) is 3.74. The highest BCUT2D eigenvalue weighted by molar-refractivity contribution is 8.22. The van der Waals surface area contributed by atoms with E-state index in [1.54, 1.807) is 17.0 Å². The van der Waals surface area contributed by atoms with Crippen molar-refractivity contribution < 1.29 is 9.90 Å². The van der Waals surface area contributed by atoms with Crippen LogP contribution in [0.4, 0.5) is 0 Å². The van der Waals surface area contributed by atoms with Crippen molar-refractivity contribution in [2.24, 2.45) is 0 Å². The zero-order valence-corrected chi connectivity index (χ0v) is 17.8. The maximum absolute atomic E-state index is 11.9. The summed E-state index contributed by atoms with van der Waals surface area (Å²) in [6.07, 6.45) is 0.419. The number of carboxylic acids is 1. The summed E-state index contributed by atoms with van der Waals surface area (Å²) in [6, 6.07) is 12.7. The number of hydrogen-bond donors (Lipinski definition) is 2. The number of nitrogens with one attached hydrogen (secondary N) is 1. The summed E-state index contributed by atoms with van der Waals surface area (Å²) < 4.78 is 0.558. The van der Waals surface area contributed by atoms with Gasteiger partial charge in [-0.3, -0.25) is 0 Å². The maximum Gasteiger partial charge on any atom is 0.326 e. The number of thiocarbonyl (C=S) groups is 1. The van der Waals surface area contributed by atoms with Gasteiger partial charge in [-0.1, -0.05) is 71.4 Å². The molecule has 4 nitrogen and oxygen atoms in total. The number of aliphatic carboxylic acids is 1. The second-order valence-electron chi connectivity index (χ2n) is 6.62. The highest BCUT2D eigenvalue weighted by atomic mass is 35.5. The minimum atomic E-state index is -0.867. The first kappa shape index (κ1) is 19.6. The molecule has 0 radical (unpaired) electrons. The predicted octanol–water partition coefficient (Wildman–Crippen LogP) is 5.50. The van der Waals surface area contributed by atoms with Gasteiger partial charge in [0.05, 0.1) is 16.6 Å². The highest BCUT2D eigenvalue weighted by Gasteiger charge is 2.35. The quantitative estimate of drug-likeness (QED) is 0.515. The first-order valence-corrected chi connectivity index (χ1v) is 10.8. The standard InChI is InChI=1S/C20H16Cl2N2O2S2/c21-14-6-5-11(7-15(14)22)10-28-20(27)24-9-17-13(8-18(24)19(25)26)12-3-1-2-4-16(12)23-17/h1-7,18,23H,8-10H2,(H,25,26)/t18-/m0/s1. The Morgan fingerprint density at radius 1 is 1.25 bits per heavy atom. The van der Waals surface area contributed by atoms with Gasteiger partial charge in [0.1, 0.15) is 10.4 Å². The van der Waals surface area contributed by atoms with Crippen LogP contribution in [0.25, 0.3) is 10.9 Å². The molecule has 0 fully saturated rings. The number of halogens is 2. The molecule has 0 amide bonds. The molecular formula is C20H16Cl2N2O2S2. The van der Waals surface area contributed by atoms with Crippen molar-refractivity contribution in [1.29, 1.82) is 0 Å². The van der Waals surface area contributed by atoms with Crippen LogP contribution in [0.3, 0.4) is 0 Å². The van der Waals surface area contributed by atoms with Crippen LogP contribution in [0.2, 0.25) is 10.0 Å². The molecule has 2 aromatic carbocycles. The Hall–Kier alpha value is -1.73. The molecule has 8 heteroatoms. The first-order valence-electron chi connectivity index (χ1n) is 8.62. The fourth-order valence-corrected chi connectivity index (χ4v) is 4.99. The zero-order valence-electron chi connectivity index (χ0n) is 14.6. The van der Waals surface area contributed by atoms with E-state index in [9.17, 15) is 9.90 Å². The predicted molar refractivity (Wildman–Crippen MR) is 119 cm³/mol. The van der Waals surface area contributed by atoms with E-state index in [0.717, 1.165) is 27.7 Å². The molecule has 0 saturated carbocycles. The van der Waals surface area contributed by atoms with Gasteiger partial charge in [0.15, 0.2) is 0 Å². The van der Waals surface area contributed by atoms with Crippen LogP contribution in [0, 0.1) is 0 Å². The summed E-state index contributed by atoms with van der Waals surface area (Å²) >= 11 is 19.1. The zero-order chi connectivity index (χ0) is 19.8. The van der Waals surface area contributed by atoms with Gasteiger partial charge in [-0.2, -0.15) is 0 Å². The summed E-state index contributed by atoms with van der Waals surface area (Å²) in [5.74, 6) is -0.272. The molecular weight excluding hydrogens is 435 g/mol. The van der Waals surface area contributed by atoms with E-state index in [-0.39, 0.29) is 0 Å². The Labute approximate surface area is 181 Å². The van der Waals surface area contributed by atoms with Gasteiger partial charge in [-0.25, -0.2) is 4.79 Å². The van der Waals surface area contributed by atoms with Crippen LogP contribution in [0.5, 0.6) is 0 Å². The summed E-state index contributed by atoms with van der Waals surface area (Å²) in [7, 11) is 0. The molecule has 0 unspecified atom stereocenters. The van der Waals surface area contributed by atoms with Crippen LogP contribution in [0.1, 0.15) is 16.8 Å². The van der Waals surface area contributed by atoms with Crippen LogP contribution >= 0.6 is 47.2 Å². The second kappa shape index (κ2) is 7.95. The van der Waals surface area contributed by atoms with Crippen molar-refractivity contribution in [3.8, 4) is 0 Å². The minimum Gasteiger partial charge on any atom is -0.480 e. The van der Waals surface area contributed by atoms with Gasteiger partial charge in [0.25, 0.3) is 0 Å². The Balaban J connectivity index is 1.55. The molecule has 3 aromatic rings. The van der Waals surface area contributed by atoms with Crippen molar-refractivity contribution in [3.05, 3.63) is 69.3 Å². The molecule has 0 bridgehead atoms. The molecule has 1 atom stereocenters. The number of benzene rings is 2. The fraction of sp³-hybridized carbons (Fsp3) is 0.200. The van der Waals surface area contributed by atoms with Crippen molar-refractivity contribution >= 4 is 68.4 Å². The lowest BCUT2D eigenvalue weighted by molar-refractivity contribution is -0.142. The molecule has 28 heavy (non-hydrogen) atoms. The number of thioether (sulfide) groups is 1. The molecule has 0 spiro atoms. The number of carbonyl (C=O) groups is 1. The molecule has 1 aromatic heterocycles. The lowest BCUT2D eigenvalue weighted by Crippen LogP contribution is -2.47. The maximum atomic E-state index is 11.9. The van der Waals surface area contributed by atoms with Gasteiger partial charge in [0.2, 0.25) is 0 Å². The molecule has 0 aliphatic carbocycles. The average Bonchev–Trinajstić information content (AvgIpc) is 3.05. The molecule has 2 heterocycles. The topological polar surface area (TPSA) is 56.3 Å². The van der Waals surface area contributed by atoms with Crippen LogP contribution in [-0.2, 0) is 23.5 Å². The molecule has 1 aliphatic rings. The van der Waals surface area contributed by atoms with E-state index >= 15 is 0 Å². The van der Waals surface area contributed by atoms with Gasteiger partial charge in [-0.15, -0.1) is 0 Å². The van der Waals surface area contributed by atoms with Gasteiger partial charge in [0, 0.05) is 28.8 Å². The Kier molecular flexibility index (Phi) is 5.56. The monoisotopic (exact) mass is 450 g/mol. The largest absolute Gasteiger partial charge is 0.480 e. The van der Waals surface area contributed by atoms with Gasteiger partial charge >= 0.3 is 5.97 Å². The minimum absolute atomic E-state index is 0.419. The molecule has 2 N–H and O–H groups in total. The molecule has 144 valence electrons. The van der Waals surface area contributed by atoms with Crippen molar-refractivity contribution in [2.45, 2.75) is 24.8 Å². The number of aromatic amines is 1. The number of H-pyrrole nitrogens is 1. The van der Waals surface area contributed by atoms with Crippen molar-refractivity contribution in [1.82, 2.24) is 9.88 Å². The van der Waals surface area contributed by atoms with E-state index in [2.05, 4.69) is 4.98 Å². The fourth-order valence-electron chi connectivity index (χ4n) is 3.48. The number of rotatable bonds is 3. The van der Waals surface area contributed by atoms with Gasteiger partial charge < -0.3 is 15.0 Å². The van der Waals surface area contributed by atoms with Gasteiger partial charge in [-0.05, 0) is 29.3 Å². The number of aromatic nitrogens is 1. The second-order valence-corrected chi connectivity index (χ2v) is 9.04. The lowest BCUT2D eigenvalue weighted by atomic mass is 9.97. The smallest absolute Gasteiger partial charge is 0.326 e. The number of hydrogen-bond acceptors (Lipinski definition) is 3. The van der Waals surface area contributed by atoms with Crippen LogP contribution in [-0.4, -0.2) is 31.3 Å². The van der Waals surface area contributed by atoms with E-state index < -0.39 is 12.0 Å². The van der Waals surface area contributed by atoms with Crippen molar-refractivity contribution in [3.63, 3.8) is 0 Å². The summed E-state index contributed by atoms with van der Waals surface area (Å²) in [5, 5.41) is 11.9. The molecule has 0 saturated heterocycles. The first-order chi connectivity index (χ1) is 13.4. The highest BCUT2D eigenvalue weighted by Crippen LogP contribution is 2.33. The average molecular weight is 451 g/mol. The number of fused-ring (bicyclic) bond motifs is 3. The lowest BCUT2D eigenvalue weighted by Gasteiger charge is -2.34. The van der Waals surface area contributed by atoms with Crippen molar-refractivity contribution in [2.75, 3.05) is 0 Å². The van der Waals surface area contributed by atoms with E-state index in [1.807, 2.05) is 30.3 Å². The Bertz CT molecular complexity index is 1080. The Morgan fingerprint density at radius 2 is 2.04 bits per heavy atom. The van der Waals surface area contributed by atoms with E-state index in [0.29, 0.717) is 33.1 Å². The summed E-state index contributed by atoms with van der Waals surface area (Å²) in [5.41, 5.74) is 4.09. The number of nitrogens with zero attached hydrogens (tertiary/aromatic N) is 1. The third-order valence-electron chi connectivity index (χ3n) is 4.87. The third-order valence-corrected chi connectivity index (χ3v) is 7.16. The number of para-hydroxylation sites is 1. The summed E-state index contributed by atoms with van der Waals surface area (Å²) in [4.78, 5) is 17.1. The normalized spacial score (nSPS) is 16.2. The Morgan fingerprint density at radius 3 is 2.79 bits per heavy atom. The van der Waals surface area contributed by atoms with E-state index in [4.69, 9.17) is 35.4 Å². The SMILES string of the molecule is O=C(O)[C@@H]1Cc2c([nH]c3ccccc23)CN1C(=S)SCc1ccc(Cl)c(Cl)c1. The van der Waals surface area contributed by atoms with Crippen LogP contribution in [0.15, 0.2) is 42.5 Å².